The molecule has 0 unspecified atom stereocenters. The molecule has 3 rings (SSSR count). The highest BCUT2D eigenvalue weighted by Crippen LogP contribution is 2.31. The number of likely N-dealkylation sites (tertiary alicyclic amines) is 1. The summed E-state index contributed by atoms with van der Waals surface area (Å²) >= 11 is 1.64. The number of hydrogen-bond donors (Lipinski definition) is 0. The molecule has 0 saturated carbocycles. The normalized spacial score (nSPS) is 18.0. The average Bonchev–Trinajstić information content (AvgIpc) is 3.23. The Morgan fingerprint density at radius 1 is 1.38 bits per heavy atom. The molecule has 3 heterocycles. The summed E-state index contributed by atoms with van der Waals surface area (Å²) in [5, 5.41) is 2.02. The van der Waals surface area contributed by atoms with Crippen molar-refractivity contribution in [2.75, 3.05) is 20.6 Å². The summed E-state index contributed by atoms with van der Waals surface area (Å²) in [5.74, 6) is 0.0747. The fourth-order valence-corrected chi connectivity index (χ4v) is 3.69. The van der Waals surface area contributed by atoms with Crippen molar-refractivity contribution in [2.45, 2.75) is 25.4 Å². The number of carbonyl (C=O) groups is 1. The van der Waals surface area contributed by atoms with Gasteiger partial charge in [-0.05, 0) is 56.6 Å². The highest BCUT2D eigenvalue weighted by Gasteiger charge is 2.29. The number of thiophene rings is 1. The number of nitrogens with zero attached hydrogens (tertiary/aromatic N) is 3. The van der Waals surface area contributed by atoms with Crippen LogP contribution in [0.2, 0.25) is 0 Å². The molecular formula is C19H23N3OS. The summed E-state index contributed by atoms with van der Waals surface area (Å²) in [5.41, 5.74) is 2.05. The van der Waals surface area contributed by atoms with Crippen LogP contribution in [0.3, 0.4) is 0 Å². The molecule has 1 amide bonds. The van der Waals surface area contributed by atoms with Gasteiger partial charge in [0.1, 0.15) is 0 Å². The molecule has 0 aromatic carbocycles. The maximum atomic E-state index is 12.6. The second kappa shape index (κ2) is 7.73. The van der Waals surface area contributed by atoms with Crippen molar-refractivity contribution in [3.8, 4) is 0 Å². The Bertz CT molecular complexity index is 709. The van der Waals surface area contributed by atoms with E-state index in [0.717, 1.165) is 42.2 Å². The van der Waals surface area contributed by atoms with Crippen molar-refractivity contribution in [1.82, 2.24) is 14.8 Å². The minimum absolute atomic E-state index is 0.0747. The fraction of sp³-hybridized carbons (Fsp3) is 0.368. The van der Waals surface area contributed by atoms with Gasteiger partial charge >= 0.3 is 0 Å². The first kappa shape index (κ1) is 16.9. The van der Waals surface area contributed by atoms with Crippen molar-refractivity contribution in [3.05, 3.63) is 58.1 Å². The monoisotopic (exact) mass is 341 g/mol. The van der Waals surface area contributed by atoms with Gasteiger partial charge in [0.15, 0.2) is 0 Å². The van der Waals surface area contributed by atoms with Gasteiger partial charge in [-0.1, -0.05) is 12.1 Å². The maximum absolute atomic E-state index is 12.6. The van der Waals surface area contributed by atoms with E-state index in [1.807, 2.05) is 60.8 Å². The Morgan fingerprint density at radius 3 is 3.00 bits per heavy atom. The predicted octanol–water partition coefficient (Wildman–Crippen LogP) is 3.58. The van der Waals surface area contributed by atoms with Crippen LogP contribution in [-0.2, 0) is 11.3 Å². The Balaban J connectivity index is 1.74. The lowest BCUT2D eigenvalue weighted by atomic mass is 10.1. The molecule has 0 spiro atoms. The molecule has 0 bridgehead atoms. The SMILES string of the molecule is CN(C)Cc1cccc([C@H]2CCCN2C(=O)/C=C/c2cccs2)n1. The largest absolute Gasteiger partial charge is 0.331 e. The van der Waals surface area contributed by atoms with Crippen LogP contribution in [-0.4, -0.2) is 41.3 Å². The van der Waals surface area contributed by atoms with E-state index in [0.29, 0.717) is 0 Å². The van der Waals surface area contributed by atoms with Crippen molar-refractivity contribution in [1.29, 1.82) is 0 Å². The zero-order valence-corrected chi connectivity index (χ0v) is 15.0. The van der Waals surface area contributed by atoms with E-state index < -0.39 is 0 Å². The number of amides is 1. The van der Waals surface area contributed by atoms with Crippen molar-refractivity contribution in [2.24, 2.45) is 0 Å². The van der Waals surface area contributed by atoms with Gasteiger partial charge in [-0.15, -0.1) is 11.3 Å². The van der Waals surface area contributed by atoms with Gasteiger partial charge in [0.05, 0.1) is 17.4 Å². The van der Waals surface area contributed by atoms with Crippen LogP contribution < -0.4 is 0 Å². The molecule has 2 aromatic heterocycles. The smallest absolute Gasteiger partial charge is 0.247 e. The number of carbonyl (C=O) groups excluding carboxylic acids is 1. The zero-order chi connectivity index (χ0) is 16.9. The summed E-state index contributed by atoms with van der Waals surface area (Å²) in [4.78, 5) is 22.5. The second-order valence-corrected chi connectivity index (χ2v) is 7.31. The van der Waals surface area contributed by atoms with E-state index in [1.54, 1.807) is 17.4 Å². The Labute approximate surface area is 147 Å². The molecule has 1 fully saturated rings. The number of rotatable bonds is 5. The number of pyridine rings is 1. The van der Waals surface area contributed by atoms with Gasteiger partial charge in [-0.25, -0.2) is 0 Å². The first-order chi connectivity index (χ1) is 11.6. The molecule has 5 heteroatoms. The molecule has 24 heavy (non-hydrogen) atoms. The second-order valence-electron chi connectivity index (χ2n) is 6.33. The van der Waals surface area contributed by atoms with Gasteiger partial charge in [-0.3, -0.25) is 9.78 Å². The van der Waals surface area contributed by atoms with Crippen LogP contribution in [0, 0.1) is 0 Å². The van der Waals surface area contributed by atoms with Gasteiger partial charge in [-0.2, -0.15) is 0 Å². The summed E-state index contributed by atoms with van der Waals surface area (Å²) in [6, 6.07) is 10.2. The van der Waals surface area contributed by atoms with Crippen molar-refractivity contribution >= 4 is 23.3 Å². The molecule has 1 aliphatic rings. The van der Waals surface area contributed by atoms with Crippen LogP contribution in [0.4, 0.5) is 0 Å². The number of hydrogen-bond acceptors (Lipinski definition) is 4. The third kappa shape index (κ3) is 4.10. The Morgan fingerprint density at radius 2 is 2.25 bits per heavy atom. The van der Waals surface area contributed by atoms with E-state index in [4.69, 9.17) is 4.98 Å². The first-order valence-corrected chi connectivity index (χ1v) is 9.14. The van der Waals surface area contributed by atoms with Crippen molar-refractivity contribution < 1.29 is 4.79 Å². The predicted molar refractivity (Wildman–Crippen MR) is 98.7 cm³/mol. The molecule has 4 nitrogen and oxygen atoms in total. The van der Waals surface area contributed by atoms with Gasteiger partial charge < -0.3 is 9.80 Å². The number of aromatic nitrogens is 1. The average molecular weight is 341 g/mol. The van der Waals surface area contributed by atoms with Gasteiger partial charge in [0.25, 0.3) is 0 Å². The maximum Gasteiger partial charge on any atom is 0.247 e. The lowest BCUT2D eigenvalue weighted by Crippen LogP contribution is -2.29. The summed E-state index contributed by atoms with van der Waals surface area (Å²) in [6.45, 7) is 1.62. The summed E-state index contributed by atoms with van der Waals surface area (Å²) in [6.07, 6.45) is 5.60. The van der Waals surface area contributed by atoms with E-state index in [9.17, 15) is 4.79 Å². The third-order valence-corrected chi connectivity index (χ3v) is 4.95. The lowest BCUT2D eigenvalue weighted by Gasteiger charge is -2.23. The molecule has 126 valence electrons. The van der Waals surface area contributed by atoms with Crippen LogP contribution in [0.15, 0.2) is 41.8 Å². The van der Waals surface area contributed by atoms with E-state index in [-0.39, 0.29) is 11.9 Å². The van der Waals surface area contributed by atoms with Gasteiger partial charge in [0, 0.05) is 24.0 Å². The lowest BCUT2D eigenvalue weighted by molar-refractivity contribution is -0.126. The van der Waals surface area contributed by atoms with Crippen molar-refractivity contribution in [3.63, 3.8) is 0 Å². The Kier molecular flexibility index (Phi) is 5.43. The highest BCUT2D eigenvalue weighted by atomic mass is 32.1. The molecule has 1 atom stereocenters. The quantitative estimate of drug-likeness (QED) is 0.780. The van der Waals surface area contributed by atoms with Crippen LogP contribution in [0.25, 0.3) is 6.08 Å². The molecule has 0 radical (unpaired) electrons. The van der Waals surface area contributed by atoms with Gasteiger partial charge in [0.2, 0.25) is 5.91 Å². The van der Waals surface area contributed by atoms with E-state index in [2.05, 4.69) is 4.90 Å². The van der Waals surface area contributed by atoms with E-state index in [1.165, 1.54) is 0 Å². The van der Waals surface area contributed by atoms with E-state index >= 15 is 0 Å². The topological polar surface area (TPSA) is 36.4 Å². The molecule has 2 aromatic rings. The minimum Gasteiger partial charge on any atom is -0.331 e. The molecule has 0 aliphatic carbocycles. The molecular weight excluding hydrogens is 318 g/mol. The molecule has 1 aliphatic heterocycles. The molecule has 0 N–H and O–H groups in total. The standard InChI is InChI=1S/C19H23N3OS/c1-21(2)14-15-6-3-8-17(20-15)18-9-4-12-22(18)19(23)11-10-16-7-5-13-24-16/h3,5-8,10-11,13,18H,4,9,12,14H2,1-2H3/b11-10+/t18-/m1/s1. The highest BCUT2D eigenvalue weighted by molar-refractivity contribution is 7.10. The van der Waals surface area contributed by atoms with Crippen LogP contribution in [0.1, 0.15) is 35.1 Å². The fourth-order valence-electron chi connectivity index (χ4n) is 3.07. The third-order valence-electron chi connectivity index (χ3n) is 4.12. The van der Waals surface area contributed by atoms with Crippen LogP contribution >= 0.6 is 11.3 Å². The summed E-state index contributed by atoms with van der Waals surface area (Å²) in [7, 11) is 4.07. The minimum atomic E-state index is 0.0747. The van der Waals surface area contributed by atoms with Crippen LogP contribution in [0.5, 0.6) is 0 Å². The summed E-state index contributed by atoms with van der Waals surface area (Å²) < 4.78 is 0. The Hall–Kier alpha value is -1.98. The zero-order valence-electron chi connectivity index (χ0n) is 14.2. The first-order valence-electron chi connectivity index (χ1n) is 8.26. The molecule has 1 saturated heterocycles.